The summed E-state index contributed by atoms with van der Waals surface area (Å²) in [5, 5.41) is 9.15. The Balaban J connectivity index is 2.02. The van der Waals surface area contributed by atoms with Crippen LogP contribution in [0.25, 0.3) is 0 Å². The Kier molecular flexibility index (Phi) is 5.40. The van der Waals surface area contributed by atoms with E-state index in [2.05, 4.69) is 36.0 Å². The van der Waals surface area contributed by atoms with Crippen molar-refractivity contribution in [2.24, 2.45) is 10.9 Å². The fraction of sp³-hybridized carbons (Fsp3) is 0.800. The minimum atomic E-state index is 0.0199. The van der Waals surface area contributed by atoms with Gasteiger partial charge in [0, 0.05) is 25.0 Å². The molecule has 0 radical (unpaired) electrons. The summed E-state index contributed by atoms with van der Waals surface area (Å²) in [5.74, 6) is 0.549. The van der Waals surface area contributed by atoms with E-state index >= 15 is 0 Å². The average molecular weight is 266 g/mol. The molecule has 0 aromatic carbocycles. The monoisotopic (exact) mass is 266 g/mol. The lowest BCUT2D eigenvalue weighted by atomic mass is 9.98. The lowest BCUT2D eigenvalue weighted by Gasteiger charge is -2.29. The highest BCUT2D eigenvalue weighted by Crippen LogP contribution is 2.24. The molecule has 1 fully saturated rings. The molecule has 0 aromatic heterocycles. The Labute approximate surface area is 116 Å². The highest BCUT2D eigenvalue weighted by Gasteiger charge is 2.28. The molecule has 19 heavy (non-hydrogen) atoms. The molecule has 2 heterocycles. The van der Waals surface area contributed by atoms with Crippen molar-refractivity contribution in [2.75, 3.05) is 19.7 Å². The summed E-state index contributed by atoms with van der Waals surface area (Å²) in [4.78, 5) is 6.85. The van der Waals surface area contributed by atoms with Gasteiger partial charge in [-0.05, 0) is 44.6 Å². The number of nitrogens with zero attached hydrogens (tertiary/aromatic N) is 2. The van der Waals surface area contributed by atoms with Gasteiger partial charge in [0.2, 0.25) is 0 Å². The number of hydrogen-bond acceptors (Lipinski definition) is 4. The second-order valence-electron chi connectivity index (χ2n) is 5.47. The number of hydrogen-bond donors (Lipinski definition) is 1. The Morgan fingerprint density at radius 1 is 1.42 bits per heavy atom. The van der Waals surface area contributed by atoms with Gasteiger partial charge < -0.3 is 14.7 Å². The van der Waals surface area contributed by atoms with Crippen molar-refractivity contribution in [3.63, 3.8) is 0 Å². The van der Waals surface area contributed by atoms with Crippen molar-refractivity contribution in [3.05, 3.63) is 12.3 Å². The standard InChI is InChI=1S/C15H26N2O2/c1-3-16-14-8-10-17(9-4-5-12(14)2)15-7-6-13(11-18)19-15/h8,10,12-13,15,18H,3-7,9,11H2,1-2H3. The number of aliphatic hydroxyl groups is 1. The average Bonchev–Trinajstić information content (AvgIpc) is 2.87. The molecular weight excluding hydrogens is 240 g/mol. The summed E-state index contributed by atoms with van der Waals surface area (Å²) in [6.07, 6.45) is 8.73. The van der Waals surface area contributed by atoms with Gasteiger partial charge in [0.1, 0.15) is 6.23 Å². The van der Waals surface area contributed by atoms with Crippen LogP contribution in [-0.4, -0.2) is 47.7 Å². The first-order valence-corrected chi connectivity index (χ1v) is 7.49. The third-order valence-electron chi connectivity index (χ3n) is 3.99. The summed E-state index contributed by atoms with van der Waals surface area (Å²) in [5.41, 5.74) is 1.20. The molecule has 0 saturated carbocycles. The van der Waals surface area contributed by atoms with Gasteiger partial charge in [-0.25, -0.2) is 0 Å². The maximum Gasteiger partial charge on any atom is 0.130 e. The summed E-state index contributed by atoms with van der Waals surface area (Å²) in [7, 11) is 0. The molecule has 4 heteroatoms. The summed E-state index contributed by atoms with van der Waals surface area (Å²) >= 11 is 0. The van der Waals surface area contributed by atoms with Crippen molar-refractivity contribution in [2.45, 2.75) is 51.9 Å². The smallest absolute Gasteiger partial charge is 0.130 e. The SMILES string of the molecule is CCN=C1C=CN(C2CCC(CO)O2)CCCC1C. The Morgan fingerprint density at radius 2 is 2.26 bits per heavy atom. The molecule has 3 unspecified atom stereocenters. The summed E-state index contributed by atoms with van der Waals surface area (Å²) in [6, 6.07) is 0. The van der Waals surface area contributed by atoms with Crippen molar-refractivity contribution < 1.29 is 9.84 Å². The highest BCUT2D eigenvalue weighted by molar-refractivity contribution is 5.96. The largest absolute Gasteiger partial charge is 0.394 e. The van der Waals surface area contributed by atoms with Crippen molar-refractivity contribution in [3.8, 4) is 0 Å². The van der Waals surface area contributed by atoms with Crippen molar-refractivity contribution in [1.82, 2.24) is 4.90 Å². The van der Waals surface area contributed by atoms with Gasteiger partial charge in [0.25, 0.3) is 0 Å². The van der Waals surface area contributed by atoms with Crippen LogP contribution in [0.2, 0.25) is 0 Å². The zero-order valence-electron chi connectivity index (χ0n) is 12.1. The van der Waals surface area contributed by atoms with E-state index in [0.29, 0.717) is 5.92 Å². The molecule has 2 rings (SSSR count). The van der Waals surface area contributed by atoms with Gasteiger partial charge in [0.05, 0.1) is 12.7 Å². The van der Waals surface area contributed by atoms with Crippen molar-refractivity contribution in [1.29, 1.82) is 0 Å². The van der Waals surface area contributed by atoms with Crippen LogP contribution in [-0.2, 0) is 4.74 Å². The predicted molar refractivity (Wildman–Crippen MR) is 77.2 cm³/mol. The zero-order valence-corrected chi connectivity index (χ0v) is 12.1. The van der Waals surface area contributed by atoms with Crippen LogP contribution in [0.1, 0.15) is 39.5 Å². The van der Waals surface area contributed by atoms with E-state index < -0.39 is 0 Å². The summed E-state index contributed by atoms with van der Waals surface area (Å²) < 4.78 is 5.85. The maximum absolute atomic E-state index is 9.15. The van der Waals surface area contributed by atoms with Crippen LogP contribution in [0.3, 0.4) is 0 Å². The quantitative estimate of drug-likeness (QED) is 0.851. The fourth-order valence-corrected chi connectivity index (χ4v) is 2.83. The zero-order chi connectivity index (χ0) is 13.7. The topological polar surface area (TPSA) is 45.1 Å². The van der Waals surface area contributed by atoms with E-state index in [1.165, 1.54) is 12.1 Å². The highest BCUT2D eigenvalue weighted by atomic mass is 16.5. The Hall–Kier alpha value is -0.870. The van der Waals surface area contributed by atoms with Gasteiger partial charge in [-0.3, -0.25) is 4.99 Å². The van der Waals surface area contributed by atoms with Crippen LogP contribution < -0.4 is 0 Å². The maximum atomic E-state index is 9.15. The first-order valence-electron chi connectivity index (χ1n) is 7.49. The lowest BCUT2D eigenvalue weighted by molar-refractivity contribution is -0.0507. The molecule has 2 aliphatic rings. The number of aliphatic hydroxyl groups excluding tert-OH is 1. The van der Waals surface area contributed by atoms with Crippen LogP contribution >= 0.6 is 0 Å². The predicted octanol–water partition coefficient (Wildman–Crippen LogP) is 2.19. The molecule has 4 nitrogen and oxygen atoms in total. The van der Waals surface area contributed by atoms with Gasteiger partial charge in [-0.1, -0.05) is 6.92 Å². The molecule has 0 aliphatic carbocycles. The number of aliphatic imine (C=N–C) groups is 1. The second-order valence-corrected chi connectivity index (χ2v) is 5.47. The molecule has 2 aliphatic heterocycles. The molecule has 0 amide bonds. The van der Waals surface area contributed by atoms with Crippen LogP contribution in [0, 0.1) is 5.92 Å². The van der Waals surface area contributed by atoms with Gasteiger partial charge in [-0.15, -0.1) is 0 Å². The van der Waals surface area contributed by atoms with E-state index in [1.54, 1.807) is 0 Å². The molecule has 0 spiro atoms. The third-order valence-corrected chi connectivity index (χ3v) is 3.99. The molecule has 0 aromatic rings. The molecule has 1 N–H and O–H groups in total. The van der Waals surface area contributed by atoms with Crippen LogP contribution in [0.4, 0.5) is 0 Å². The Bertz CT molecular complexity index is 341. The van der Waals surface area contributed by atoms with Crippen LogP contribution in [0.15, 0.2) is 17.3 Å². The Morgan fingerprint density at radius 3 is 2.95 bits per heavy atom. The fourth-order valence-electron chi connectivity index (χ4n) is 2.83. The van der Waals surface area contributed by atoms with E-state index in [-0.39, 0.29) is 18.9 Å². The number of ether oxygens (including phenoxy) is 1. The van der Waals surface area contributed by atoms with E-state index in [0.717, 1.165) is 32.4 Å². The molecule has 108 valence electrons. The van der Waals surface area contributed by atoms with Gasteiger partial charge in [-0.2, -0.15) is 0 Å². The summed E-state index contributed by atoms with van der Waals surface area (Å²) in [6.45, 7) is 6.34. The molecule has 1 saturated heterocycles. The van der Waals surface area contributed by atoms with Crippen LogP contribution in [0.5, 0.6) is 0 Å². The third kappa shape index (κ3) is 3.80. The second kappa shape index (κ2) is 7.06. The molecular formula is C15H26N2O2. The minimum absolute atomic E-state index is 0.0199. The van der Waals surface area contributed by atoms with Gasteiger partial charge >= 0.3 is 0 Å². The molecule has 0 bridgehead atoms. The molecule has 3 atom stereocenters. The van der Waals surface area contributed by atoms with E-state index in [1.807, 2.05) is 0 Å². The lowest BCUT2D eigenvalue weighted by Crippen LogP contribution is -2.34. The minimum Gasteiger partial charge on any atom is -0.394 e. The normalized spacial score (nSPS) is 34.6. The van der Waals surface area contributed by atoms with Crippen molar-refractivity contribution >= 4 is 5.71 Å². The van der Waals surface area contributed by atoms with Gasteiger partial charge in [0.15, 0.2) is 0 Å². The number of allylic oxidation sites excluding steroid dienone is 1. The van der Waals surface area contributed by atoms with E-state index in [9.17, 15) is 0 Å². The first-order chi connectivity index (χ1) is 9.24. The number of rotatable bonds is 3. The van der Waals surface area contributed by atoms with E-state index in [4.69, 9.17) is 9.84 Å². The first kappa shape index (κ1) is 14.5.